The predicted octanol–water partition coefficient (Wildman–Crippen LogP) is -6.49. The van der Waals surface area contributed by atoms with Gasteiger partial charge < -0.3 is 22.5 Å². The monoisotopic (exact) mass is 255 g/mol. The van der Waals surface area contributed by atoms with Crippen LogP contribution in [0.3, 0.4) is 0 Å². The van der Waals surface area contributed by atoms with Crippen molar-refractivity contribution in [1.29, 1.82) is 0 Å². The van der Waals surface area contributed by atoms with Crippen molar-refractivity contribution < 1.29 is 59.7 Å². The summed E-state index contributed by atoms with van der Waals surface area (Å²) in [4.78, 5) is 0. The van der Waals surface area contributed by atoms with Crippen molar-refractivity contribution in [3.8, 4) is 0 Å². The fourth-order valence-electron chi connectivity index (χ4n) is 0.516. The van der Waals surface area contributed by atoms with Gasteiger partial charge >= 0.3 is 29.6 Å². The molecule has 82 valence electrons. The largest absolute Gasteiger partial charge is 1.00 e. The quantitative estimate of drug-likeness (QED) is 0.360. The molecule has 0 unspecified atom stereocenters. The number of nitrogens with one attached hydrogen (secondary N) is 1. The molecule has 14 heavy (non-hydrogen) atoms. The Morgan fingerprint density at radius 3 is 1.79 bits per heavy atom. The summed E-state index contributed by atoms with van der Waals surface area (Å²) in [7, 11) is -3.66. The van der Waals surface area contributed by atoms with E-state index in [1.165, 1.54) is 6.92 Å². The summed E-state index contributed by atoms with van der Waals surface area (Å²) in [6, 6.07) is 0. The Morgan fingerprint density at radius 1 is 1.36 bits per heavy atom. The Balaban J connectivity index is -0.000000151. The van der Waals surface area contributed by atoms with Crippen molar-refractivity contribution in [2.24, 2.45) is 0 Å². The molecule has 0 aromatic carbocycles. The van der Waals surface area contributed by atoms with Crippen LogP contribution in [-0.4, -0.2) is 45.0 Å². The zero-order valence-electron chi connectivity index (χ0n) is 8.49. The van der Waals surface area contributed by atoms with Crippen LogP contribution in [0, 0.1) is 0 Å². The Kier molecular flexibility index (Phi) is 17.9. The molecule has 1 rings (SSSR count). The SMILES string of the molecule is C1COCCN1.CCS(=O)(=O)O.[Cl-].[Na+]. The molecule has 0 aliphatic carbocycles. The average Bonchev–Trinajstić information content (AvgIpc) is 2.07. The molecule has 0 radical (unpaired) electrons. The molecule has 2 N–H and O–H groups in total. The molecule has 8 heteroatoms. The minimum atomic E-state index is -3.66. The van der Waals surface area contributed by atoms with E-state index in [4.69, 9.17) is 9.29 Å². The van der Waals surface area contributed by atoms with Crippen LogP contribution < -0.4 is 47.3 Å². The number of hydrogen-bond donors (Lipinski definition) is 2. The molecule has 0 aromatic heterocycles. The van der Waals surface area contributed by atoms with E-state index in [0.717, 1.165) is 26.3 Å². The maximum atomic E-state index is 9.56. The van der Waals surface area contributed by atoms with E-state index in [0.29, 0.717) is 0 Å². The number of hydrogen-bond acceptors (Lipinski definition) is 4. The third-order valence-corrected chi connectivity index (χ3v) is 1.94. The second kappa shape index (κ2) is 12.2. The van der Waals surface area contributed by atoms with Gasteiger partial charge in [0, 0.05) is 13.1 Å². The smallest absolute Gasteiger partial charge is 1.00 e. The Bertz CT molecular complexity index is 184. The van der Waals surface area contributed by atoms with Gasteiger partial charge in [-0.3, -0.25) is 4.55 Å². The number of rotatable bonds is 1. The molecule has 0 saturated carbocycles. The molecule has 1 aliphatic heterocycles. The van der Waals surface area contributed by atoms with Crippen LogP contribution in [-0.2, 0) is 14.9 Å². The van der Waals surface area contributed by atoms with Gasteiger partial charge in [-0.05, 0) is 6.92 Å². The Labute approximate surface area is 113 Å². The van der Waals surface area contributed by atoms with Gasteiger partial charge in [0.05, 0.1) is 19.0 Å². The maximum absolute atomic E-state index is 9.56. The Hall–Kier alpha value is 1.12. The summed E-state index contributed by atoms with van der Waals surface area (Å²) in [5, 5.41) is 3.16. The van der Waals surface area contributed by atoms with E-state index in [1.807, 2.05) is 0 Å². The first-order valence-electron chi connectivity index (χ1n) is 3.80. The summed E-state index contributed by atoms with van der Waals surface area (Å²) in [5.74, 6) is -0.201. The van der Waals surface area contributed by atoms with E-state index in [1.54, 1.807) is 0 Å². The standard InChI is InChI=1S/C4H9NO.C2H6O3S.ClH.Na/c1-3-6-4-2-5-1;1-2-6(3,4)5;;/h5H,1-4H2;2H2,1H3,(H,3,4,5);1H;/q;;;+1/p-1. The maximum Gasteiger partial charge on any atom is 1.00 e. The Morgan fingerprint density at radius 2 is 1.71 bits per heavy atom. The summed E-state index contributed by atoms with van der Waals surface area (Å²) in [6.07, 6.45) is 0. The minimum absolute atomic E-state index is 0. The summed E-state index contributed by atoms with van der Waals surface area (Å²) in [5.41, 5.74) is 0. The molecule has 0 aromatic rings. The molecule has 5 nitrogen and oxygen atoms in total. The summed E-state index contributed by atoms with van der Waals surface area (Å²) >= 11 is 0. The third kappa shape index (κ3) is 18.8. The topological polar surface area (TPSA) is 75.6 Å². The first-order valence-corrected chi connectivity index (χ1v) is 5.41. The van der Waals surface area contributed by atoms with Crippen molar-refractivity contribution in [3.05, 3.63) is 0 Å². The second-order valence-electron chi connectivity index (χ2n) is 2.23. The molecular weight excluding hydrogens is 241 g/mol. The average molecular weight is 256 g/mol. The van der Waals surface area contributed by atoms with Crippen molar-refractivity contribution >= 4 is 10.1 Å². The van der Waals surface area contributed by atoms with E-state index in [2.05, 4.69) is 5.32 Å². The number of halogens is 1. The van der Waals surface area contributed by atoms with Crippen LogP contribution in [0.15, 0.2) is 0 Å². The molecule has 1 heterocycles. The van der Waals surface area contributed by atoms with Gasteiger partial charge in [-0.1, -0.05) is 0 Å². The number of ether oxygens (including phenoxy) is 1. The molecule has 0 spiro atoms. The van der Waals surface area contributed by atoms with Crippen LogP contribution in [0.5, 0.6) is 0 Å². The minimum Gasteiger partial charge on any atom is -1.00 e. The van der Waals surface area contributed by atoms with Gasteiger partial charge in [-0.25, -0.2) is 0 Å². The third-order valence-electron chi connectivity index (χ3n) is 1.21. The zero-order chi connectivity index (χ0) is 9.45. The van der Waals surface area contributed by atoms with Gasteiger partial charge in [0.25, 0.3) is 10.1 Å². The second-order valence-corrected chi connectivity index (χ2v) is 3.97. The van der Waals surface area contributed by atoms with E-state index < -0.39 is 10.1 Å². The molecule has 0 bridgehead atoms. The van der Waals surface area contributed by atoms with Gasteiger partial charge in [-0.15, -0.1) is 0 Å². The fourth-order valence-corrected chi connectivity index (χ4v) is 0.516. The molecule has 0 amide bonds. The van der Waals surface area contributed by atoms with Gasteiger partial charge in [0.1, 0.15) is 0 Å². The molecule has 0 atom stereocenters. The first-order chi connectivity index (χ1) is 5.56. The van der Waals surface area contributed by atoms with Crippen molar-refractivity contribution in [2.75, 3.05) is 32.1 Å². The molecule has 1 fully saturated rings. The van der Waals surface area contributed by atoms with Crippen LogP contribution in [0.2, 0.25) is 0 Å². The molecule has 1 saturated heterocycles. The van der Waals surface area contributed by atoms with Gasteiger partial charge in [0.2, 0.25) is 0 Å². The van der Waals surface area contributed by atoms with E-state index in [9.17, 15) is 8.42 Å². The van der Waals surface area contributed by atoms with Crippen molar-refractivity contribution in [2.45, 2.75) is 6.92 Å². The van der Waals surface area contributed by atoms with E-state index >= 15 is 0 Å². The molecule has 1 aliphatic rings. The van der Waals surface area contributed by atoms with Crippen LogP contribution >= 0.6 is 0 Å². The normalized spacial score (nSPS) is 15.3. The zero-order valence-corrected chi connectivity index (χ0v) is 12.1. The van der Waals surface area contributed by atoms with Crippen molar-refractivity contribution in [1.82, 2.24) is 5.32 Å². The molecular formula is C6H15ClNNaO4S. The predicted molar refractivity (Wildman–Crippen MR) is 45.8 cm³/mol. The van der Waals surface area contributed by atoms with Gasteiger partial charge in [0.15, 0.2) is 0 Å². The van der Waals surface area contributed by atoms with Crippen LogP contribution in [0.1, 0.15) is 6.92 Å². The first kappa shape index (κ1) is 20.5. The van der Waals surface area contributed by atoms with Crippen molar-refractivity contribution in [3.63, 3.8) is 0 Å². The van der Waals surface area contributed by atoms with Crippen LogP contribution in [0.4, 0.5) is 0 Å². The van der Waals surface area contributed by atoms with Gasteiger partial charge in [-0.2, -0.15) is 8.42 Å². The number of morpholine rings is 1. The van der Waals surface area contributed by atoms with E-state index in [-0.39, 0.29) is 47.7 Å². The van der Waals surface area contributed by atoms with Crippen LogP contribution in [0.25, 0.3) is 0 Å². The fraction of sp³-hybridized carbons (Fsp3) is 1.00. The summed E-state index contributed by atoms with van der Waals surface area (Å²) in [6.45, 7) is 5.20. The summed E-state index contributed by atoms with van der Waals surface area (Å²) < 4.78 is 31.9.